The van der Waals surface area contributed by atoms with E-state index in [1.165, 1.54) is 5.56 Å². The van der Waals surface area contributed by atoms with Crippen LogP contribution in [0.25, 0.3) is 0 Å². The van der Waals surface area contributed by atoms with E-state index in [2.05, 4.69) is 17.4 Å². The lowest BCUT2D eigenvalue weighted by atomic mass is 10.0. The van der Waals surface area contributed by atoms with Gasteiger partial charge in [0.1, 0.15) is 6.10 Å². The summed E-state index contributed by atoms with van der Waals surface area (Å²) < 4.78 is 5.37. The van der Waals surface area contributed by atoms with Gasteiger partial charge in [-0.05, 0) is 25.1 Å². The largest absolute Gasteiger partial charge is 0.439 e. The molecular formula is C13H18N2O2. The van der Waals surface area contributed by atoms with Crippen molar-refractivity contribution in [1.29, 1.82) is 0 Å². The van der Waals surface area contributed by atoms with Crippen LogP contribution in [0.15, 0.2) is 24.3 Å². The molecule has 0 bridgehead atoms. The Hall–Kier alpha value is -1.55. The van der Waals surface area contributed by atoms with Crippen molar-refractivity contribution in [3.8, 4) is 0 Å². The van der Waals surface area contributed by atoms with Crippen molar-refractivity contribution < 1.29 is 9.53 Å². The topological polar surface area (TPSA) is 41.6 Å². The maximum Gasteiger partial charge on any atom is 0.410 e. The minimum Gasteiger partial charge on any atom is -0.439 e. The third-order valence-electron chi connectivity index (χ3n) is 3.23. The molecule has 1 aromatic carbocycles. The molecule has 1 aliphatic heterocycles. The Morgan fingerprint density at radius 3 is 2.82 bits per heavy atom. The first-order valence-electron chi connectivity index (χ1n) is 5.80. The minimum absolute atomic E-state index is 0.0762. The number of carbonyl (C=O) groups excluding carboxylic acids is 1. The summed E-state index contributed by atoms with van der Waals surface area (Å²) in [6.45, 7) is 2.82. The van der Waals surface area contributed by atoms with Crippen LogP contribution in [0, 0.1) is 0 Å². The molecule has 1 saturated heterocycles. The number of ether oxygens (including phenoxy) is 1. The van der Waals surface area contributed by atoms with Crippen molar-refractivity contribution in [2.45, 2.75) is 25.6 Å². The first-order chi connectivity index (χ1) is 8.13. The van der Waals surface area contributed by atoms with E-state index in [0.717, 1.165) is 12.1 Å². The average Bonchev–Trinajstić information content (AvgIpc) is 2.58. The number of hydrogen-bond acceptors (Lipinski definition) is 3. The summed E-state index contributed by atoms with van der Waals surface area (Å²) in [6, 6.07) is 8.23. The van der Waals surface area contributed by atoms with E-state index in [9.17, 15) is 4.79 Å². The van der Waals surface area contributed by atoms with Crippen LogP contribution in [-0.4, -0.2) is 31.1 Å². The number of benzene rings is 1. The average molecular weight is 234 g/mol. The first-order valence-corrected chi connectivity index (χ1v) is 5.80. The number of nitrogens with one attached hydrogen (secondary N) is 1. The lowest BCUT2D eigenvalue weighted by molar-refractivity contribution is 0.131. The summed E-state index contributed by atoms with van der Waals surface area (Å²) >= 11 is 0. The second-order valence-electron chi connectivity index (χ2n) is 4.43. The van der Waals surface area contributed by atoms with Gasteiger partial charge in [-0.2, -0.15) is 0 Å². The molecule has 1 fully saturated rings. The van der Waals surface area contributed by atoms with Crippen molar-refractivity contribution in [2.75, 3.05) is 14.1 Å². The van der Waals surface area contributed by atoms with Crippen molar-refractivity contribution in [2.24, 2.45) is 0 Å². The van der Waals surface area contributed by atoms with Crippen LogP contribution in [0.4, 0.5) is 4.79 Å². The molecule has 1 heterocycles. The molecule has 0 aromatic heterocycles. The summed E-state index contributed by atoms with van der Waals surface area (Å²) in [5.74, 6) is 0. The number of amides is 1. The van der Waals surface area contributed by atoms with E-state index in [1.807, 2.05) is 26.1 Å². The predicted molar refractivity (Wildman–Crippen MR) is 65.7 cm³/mol. The van der Waals surface area contributed by atoms with Gasteiger partial charge in [0.15, 0.2) is 0 Å². The molecule has 2 atom stereocenters. The van der Waals surface area contributed by atoms with Gasteiger partial charge in [0.25, 0.3) is 0 Å². The fourth-order valence-corrected chi connectivity index (χ4v) is 2.09. The van der Waals surface area contributed by atoms with E-state index in [0.29, 0.717) is 0 Å². The summed E-state index contributed by atoms with van der Waals surface area (Å²) in [5.41, 5.74) is 2.26. The van der Waals surface area contributed by atoms with E-state index in [-0.39, 0.29) is 18.2 Å². The Bertz CT molecular complexity index is 420. The minimum atomic E-state index is -0.249. The van der Waals surface area contributed by atoms with Crippen molar-refractivity contribution in [3.63, 3.8) is 0 Å². The van der Waals surface area contributed by atoms with Crippen LogP contribution in [0.1, 0.15) is 24.2 Å². The van der Waals surface area contributed by atoms with E-state index in [1.54, 1.807) is 11.9 Å². The molecule has 1 N–H and O–H groups in total. The van der Waals surface area contributed by atoms with E-state index < -0.39 is 0 Å². The monoisotopic (exact) mass is 234 g/mol. The maximum absolute atomic E-state index is 11.5. The van der Waals surface area contributed by atoms with Gasteiger partial charge in [-0.1, -0.05) is 24.3 Å². The third kappa shape index (κ3) is 2.26. The molecule has 0 radical (unpaired) electrons. The van der Waals surface area contributed by atoms with Crippen molar-refractivity contribution in [1.82, 2.24) is 10.2 Å². The molecule has 0 spiro atoms. The number of carbonyl (C=O) groups is 1. The van der Waals surface area contributed by atoms with E-state index >= 15 is 0 Å². The van der Waals surface area contributed by atoms with E-state index in [4.69, 9.17) is 4.74 Å². The normalized spacial score (nSPS) is 23.9. The molecular weight excluding hydrogens is 216 g/mol. The molecule has 1 aliphatic rings. The highest BCUT2D eigenvalue weighted by Crippen LogP contribution is 2.31. The Labute approximate surface area is 102 Å². The Balaban J connectivity index is 2.22. The van der Waals surface area contributed by atoms with Gasteiger partial charge in [0.2, 0.25) is 0 Å². The molecule has 4 heteroatoms. The number of hydrogen-bond donors (Lipinski definition) is 1. The van der Waals surface area contributed by atoms with Gasteiger partial charge in [-0.3, -0.25) is 0 Å². The SMILES string of the molecule is CNCc1cccc([C@H]2OC(=O)N(C)[C@H]2C)c1. The van der Waals surface area contributed by atoms with Crippen LogP contribution in [-0.2, 0) is 11.3 Å². The molecule has 0 aliphatic carbocycles. The predicted octanol–water partition coefficient (Wildman–Crippen LogP) is 1.92. The Kier molecular flexibility index (Phi) is 3.33. The lowest BCUT2D eigenvalue weighted by Gasteiger charge is -2.17. The van der Waals surface area contributed by atoms with Crippen LogP contribution >= 0.6 is 0 Å². The summed E-state index contributed by atoms with van der Waals surface area (Å²) in [5, 5.41) is 3.11. The van der Waals surface area contributed by atoms with Crippen molar-refractivity contribution >= 4 is 6.09 Å². The van der Waals surface area contributed by atoms with Gasteiger partial charge >= 0.3 is 6.09 Å². The fourth-order valence-electron chi connectivity index (χ4n) is 2.09. The van der Waals surface area contributed by atoms with Gasteiger partial charge in [0.05, 0.1) is 6.04 Å². The van der Waals surface area contributed by atoms with Crippen molar-refractivity contribution in [3.05, 3.63) is 35.4 Å². The highest BCUT2D eigenvalue weighted by atomic mass is 16.6. The van der Waals surface area contributed by atoms with Gasteiger partial charge in [-0.15, -0.1) is 0 Å². The van der Waals surface area contributed by atoms with Crippen LogP contribution < -0.4 is 5.32 Å². The maximum atomic E-state index is 11.5. The molecule has 1 aromatic rings. The highest BCUT2D eigenvalue weighted by molar-refractivity contribution is 5.70. The quantitative estimate of drug-likeness (QED) is 0.868. The molecule has 17 heavy (non-hydrogen) atoms. The number of rotatable bonds is 3. The summed E-state index contributed by atoms with van der Waals surface area (Å²) in [6.07, 6.45) is -0.411. The van der Waals surface area contributed by atoms with Crippen LogP contribution in [0.5, 0.6) is 0 Å². The molecule has 0 unspecified atom stereocenters. The Morgan fingerprint density at radius 2 is 2.24 bits per heavy atom. The standard InChI is InChI=1S/C13H18N2O2/c1-9-12(17-13(16)15(9)3)11-6-4-5-10(7-11)8-14-2/h4-7,9,12,14H,8H2,1-3H3/t9-,12-/m0/s1. The number of nitrogens with zero attached hydrogens (tertiary/aromatic N) is 1. The van der Waals surface area contributed by atoms with Gasteiger partial charge in [0, 0.05) is 13.6 Å². The second kappa shape index (κ2) is 4.75. The van der Waals surface area contributed by atoms with Crippen LogP contribution in [0.3, 0.4) is 0 Å². The fraction of sp³-hybridized carbons (Fsp3) is 0.462. The number of likely N-dealkylation sites (N-methyl/N-ethyl adjacent to an activating group) is 1. The molecule has 92 valence electrons. The highest BCUT2D eigenvalue weighted by Gasteiger charge is 2.37. The third-order valence-corrected chi connectivity index (χ3v) is 3.23. The lowest BCUT2D eigenvalue weighted by Crippen LogP contribution is -2.27. The summed E-state index contributed by atoms with van der Waals surface area (Å²) in [7, 11) is 3.68. The second-order valence-corrected chi connectivity index (χ2v) is 4.43. The Morgan fingerprint density at radius 1 is 1.47 bits per heavy atom. The zero-order valence-electron chi connectivity index (χ0n) is 10.4. The zero-order chi connectivity index (χ0) is 12.4. The smallest absolute Gasteiger partial charge is 0.410 e. The molecule has 4 nitrogen and oxygen atoms in total. The first kappa shape index (κ1) is 11.9. The summed E-state index contributed by atoms with van der Waals surface area (Å²) in [4.78, 5) is 13.1. The molecule has 2 rings (SSSR count). The van der Waals surface area contributed by atoms with Crippen LogP contribution in [0.2, 0.25) is 0 Å². The van der Waals surface area contributed by atoms with Gasteiger partial charge in [-0.25, -0.2) is 4.79 Å². The molecule has 1 amide bonds. The zero-order valence-corrected chi connectivity index (χ0v) is 10.4. The number of cyclic esters (lactones) is 1. The van der Waals surface area contributed by atoms with Gasteiger partial charge < -0.3 is 15.0 Å². The molecule has 0 saturated carbocycles.